The number of benzene rings is 1. The number of nitrogens with one attached hydrogen (secondary N) is 2. The van der Waals surface area contributed by atoms with Gasteiger partial charge in [0.25, 0.3) is 5.56 Å². The molecule has 3 rings (SSSR count). The van der Waals surface area contributed by atoms with Gasteiger partial charge in [-0.1, -0.05) is 24.3 Å². The van der Waals surface area contributed by atoms with Gasteiger partial charge in [0, 0.05) is 18.5 Å². The zero-order valence-corrected chi connectivity index (χ0v) is 12.4. The first kappa shape index (κ1) is 14.0. The van der Waals surface area contributed by atoms with E-state index in [1.807, 2.05) is 7.05 Å². The Labute approximate surface area is 124 Å². The summed E-state index contributed by atoms with van der Waals surface area (Å²) in [4.78, 5) is 11.9. The molecule has 4 heteroatoms. The van der Waals surface area contributed by atoms with Crippen LogP contribution in [0, 0.1) is 0 Å². The van der Waals surface area contributed by atoms with Crippen molar-refractivity contribution in [3.8, 4) is 0 Å². The topological polar surface area (TPSA) is 57.8 Å². The Morgan fingerprint density at radius 2 is 1.76 bits per heavy atom. The van der Waals surface area contributed by atoms with Crippen LogP contribution in [0.2, 0.25) is 0 Å². The standard InChI is InChI=1S/C17H21N3O/c1-18-11-13-8-6-12(7-9-13)10-16-14-4-2-3-5-15(14)17(21)20-19-16/h6-9,18H,2-5,10-11H2,1H3,(H,20,21). The monoisotopic (exact) mass is 283 g/mol. The number of hydrogen-bond acceptors (Lipinski definition) is 3. The van der Waals surface area contributed by atoms with Crippen molar-refractivity contribution in [1.29, 1.82) is 0 Å². The third-order valence-corrected chi connectivity index (χ3v) is 4.16. The molecular weight excluding hydrogens is 262 g/mol. The lowest BCUT2D eigenvalue weighted by atomic mass is 9.90. The summed E-state index contributed by atoms with van der Waals surface area (Å²) in [5, 5.41) is 10.1. The number of fused-ring (bicyclic) bond motifs is 1. The minimum atomic E-state index is -0.00202. The van der Waals surface area contributed by atoms with Gasteiger partial charge in [0.1, 0.15) is 0 Å². The van der Waals surface area contributed by atoms with Gasteiger partial charge in [0.05, 0.1) is 5.69 Å². The molecule has 1 aliphatic carbocycles. The largest absolute Gasteiger partial charge is 0.316 e. The molecule has 0 saturated heterocycles. The quantitative estimate of drug-likeness (QED) is 0.902. The molecule has 0 radical (unpaired) electrons. The molecule has 0 fully saturated rings. The Morgan fingerprint density at radius 1 is 1.10 bits per heavy atom. The van der Waals surface area contributed by atoms with Crippen LogP contribution in [0.1, 0.15) is 40.8 Å². The maximum absolute atomic E-state index is 11.9. The maximum Gasteiger partial charge on any atom is 0.267 e. The van der Waals surface area contributed by atoms with Crippen molar-refractivity contribution in [2.24, 2.45) is 0 Å². The molecule has 0 amide bonds. The predicted octanol–water partition coefficient (Wildman–Crippen LogP) is 1.96. The second-order valence-corrected chi connectivity index (χ2v) is 5.69. The Hall–Kier alpha value is -1.94. The van der Waals surface area contributed by atoms with Gasteiger partial charge in [0.15, 0.2) is 0 Å². The van der Waals surface area contributed by atoms with Crippen LogP contribution in [-0.4, -0.2) is 17.2 Å². The Kier molecular flexibility index (Phi) is 4.15. The average Bonchev–Trinajstić information content (AvgIpc) is 2.52. The lowest BCUT2D eigenvalue weighted by Crippen LogP contribution is -2.23. The second-order valence-electron chi connectivity index (χ2n) is 5.69. The highest BCUT2D eigenvalue weighted by Crippen LogP contribution is 2.22. The van der Waals surface area contributed by atoms with Gasteiger partial charge in [0.2, 0.25) is 0 Å². The number of nitrogens with zero attached hydrogens (tertiary/aromatic N) is 1. The summed E-state index contributed by atoms with van der Waals surface area (Å²) in [5.74, 6) is 0. The summed E-state index contributed by atoms with van der Waals surface area (Å²) in [7, 11) is 1.95. The minimum absolute atomic E-state index is 0.00202. The molecule has 1 heterocycles. The van der Waals surface area contributed by atoms with Gasteiger partial charge < -0.3 is 5.32 Å². The van der Waals surface area contributed by atoms with E-state index in [9.17, 15) is 4.79 Å². The van der Waals surface area contributed by atoms with Crippen molar-refractivity contribution in [1.82, 2.24) is 15.5 Å². The molecule has 2 aromatic rings. The highest BCUT2D eigenvalue weighted by atomic mass is 16.1. The van der Waals surface area contributed by atoms with Crippen LogP contribution in [0.5, 0.6) is 0 Å². The summed E-state index contributed by atoms with van der Waals surface area (Å²) in [6, 6.07) is 8.58. The van der Waals surface area contributed by atoms with Crippen LogP contribution in [0.15, 0.2) is 29.1 Å². The third kappa shape index (κ3) is 3.05. The fourth-order valence-corrected chi connectivity index (χ4v) is 3.05. The fourth-order valence-electron chi connectivity index (χ4n) is 3.05. The lowest BCUT2D eigenvalue weighted by Gasteiger charge is -2.17. The van der Waals surface area contributed by atoms with Crippen LogP contribution >= 0.6 is 0 Å². The van der Waals surface area contributed by atoms with Gasteiger partial charge in [-0.15, -0.1) is 0 Å². The van der Waals surface area contributed by atoms with Crippen molar-refractivity contribution in [3.05, 3.63) is 62.6 Å². The molecule has 21 heavy (non-hydrogen) atoms. The third-order valence-electron chi connectivity index (χ3n) is 4.16. The number of hydrogen-bond donors (Lipinski definition) is 2. The highest BCUT2D eigenvalue weighted by molar-refractivity contribution is 5.34. The van der Waals surface area contributed by atoms with Gasteiger partial charge in [-0.2, -0.15) is 5.10 Å². The van der Waals surface area contributed by atoms with Crippen molar-refractivity contribution < 1.29 is 0 Å². The van der Waals surface area contributed by atoms with E-state index in [-0.39, 0.29) is 5.56 Å². The highest BCUT2D eigenvalue weighted by Gasteiger charge is 2.17. The van der Waals surface area contributed by atoms with Crippen molar-refractivity contribution in [2.75, 3.05) is 7.05 Å². The molecule has 110 valence electrons. The van der Waals surface area contributed by atoms with Crippen LogP contribution in [0.25, 0.3) is 0 Å². The van der Waals surface area contributed by atoms with Crippen molar-refractivity contribution in [2.45, 2.75) is 38.6 Å². The number of aromatic amines is 1. The van der Waals surface area contributed by atoms with E-state index < -0.39 is 0 Å². The average molecular weight is 283 g/mol. The summed E-state index contributed by atoms with van der Waals surface area (Å²) in [6.07, 6.45) is 4.93. The number of aromatic nitrogens is 2. The Morgan fingerprint density at radius 3 is 2.48 bits per heavy atom. The molecule has 0 unspecified atom stereocenters. The van der Waals surface area contributed by atoms with Crippen molar-refractivity contribution in [3.63, 3.8) is 0 Å². The molecule has 0 spiro atoms. The SMILES string of the molecule is CNCc1ccc(Cc2n[nH]c(=O)c3c2CCCC3)cc1. The van der Waals surface area contributed by atoms with Crippen LogP contribution in [0.3, 0.4) is 0 Å². The lowest BCUT2D eigenvalue weighted by molar-refractivity contribution is 0.655. The van der Waals surface area contributed by atoms with E-state index in [4.69, 9.17) is 0 Å². The second kappa shape index (κ2) is 6.22. The molecule has 1 aliphatic rings. The van der Waals surface area contributed by atoms with E-state index in [1.54, 1.807) is 0 Å². The molecule has 1 aromatic heterocycles. The molecule has 0 saturated carbocycles. The van der Waals surface area contributed by atoms with E-state index >= 15 is 0 Å². The van der Waals surface area contributed by atoms with E-state index in [1.165, 1.54) is 16.7 Å². The van der Waals surface area contributed by atoms with Crippen molar-refractivity contribution >= 4 is 0 Å². The molecule has 0 atom stereocenters. The first-order chi connectivity index (χ1) is 10.3. The van der Waals surface area contributed by atoms with Crippen LogP contribution in [0.4, 0.5) is 0 Å². The molecule has 4 nitrogen and oxygen atoms in total. The van der Waals surface area contributed by atoms with Gasteiger partial charge >= 0.3 is 0 Å². The zero-order valence-electron chi connectivity index (χ0n) is 12.4. The first-order valence-electron chi connectivity index (χ1n) is 7.59. The summed E-state index contributed by atoms with van der Waals surface area (Å²) >= 11 is 0. The molecule has 2 N–H and O–H groups in total. The first-order valence-corrected chi connectivity index (χ1v) is 7.59. The molecule has 1 aromatic carbocycles. The van der Waals surface area contributed by atoms with Crippen LogP contribution in [-0.2, 0) is 25.8 Å². The van der Waals surface area contributed by atoms with Gasteiger partial charge in [-0.25, -0.2) is 5.10 Å². The van der Waals surface area contributed by atoms with Gasteiger partial charge in [-0.3, -0.25) is 4.79 Å². The maximum atomic E-state index is 11.9. The molecular formula is C17H21N3O. The summed E-state index contributed by atoms with van der Waals surface area (Å²) < 4.78 is 0. The van der Waals surface area contributed by atoms with Gasteiger partial charge in [-0.05, 0) is 49.4 Å². The fraction of sp³-hybridized carbons (Fsp3) is 0.412. The Balaban J connectivity index is 1.86. The zero-order chi connectivity index (χ0) is 14.7. The normalized spacial score (nSPS) is 14.0. The molecule has 0 bridgehead atoms. The van der Waals surface area contributed by atoms with E-state index in [0.717, 1.165) is 49.9 Å². The molecule has 0 aliphatic heterocycles. The summed E-state index contributed by atoms with van der Waals surface area (Å²) in [5.41, 5.74) is 5.69. The Bertz CT molecular complexity index is 673. The van der Waals surface area contributed by atoms with Crippen LogP contribution < -0.4 is 10.9 Å². The van der Waals surface area contributed by atoms with E-state index in [0.29, 0.717) is 0 Å². The van der Waals surface area contributed by atoms with E-state index in [2.05, 4.69) is 39.8 Å². The summed E-state index contributed by atoms with van der Waals surface area (Å²) in [6.45, 7) is 0.882. The minimum Gasteiger partial charge on any atom is -0.316 e. The predicted molar refractivity (Wildman–Crippen MR) is 83.5 cm³/mol. The number of H-pyrrole nitrogens is 1. The number of rotatable bonds is 4. The smallest absolute Gasteiger partial charge is 0.267 e.